The lowest BCUT2D eigenvalue weighted by molar-refractivity contribution is -0.858. The number of benzene rings is 1. The minimum atomic E-state index is -1.25. The van der Waals surface area contributed by atoms with Crippen LogP contribution in [0, 0.1) is 0 Å². The summed E-state index contributed by atoms with van der Waals surface area (Å²) in [5.41, 5.74) is 1.08. The third-order valence-electron chi connectivity index (χ3n) is 2.85. The maximum atomic E-state index is 11.8. The number of carbonyl (C=O) groups is 1. The normalized spacial score (nSPS) is 11.3. The highest BCUT2D eigenvalue weighted by Gasteiger charge is 2.08. The SMILES string of the molecule is C[NH+](C)CCn1c(=O)[nH]c2cc(C(=O)[O-])ccc21. The molecule has 0 atom stereocenters. The molecule has 0 unspecified atom stereocenters. The Morgan fingerprint density at radius 1 is 1.44 bits per heavy atom. The molecule has 2 aromatic rings. The van der Waals surface area contributed by atoms with Crippen LogP contribution in [0.25, 0.3) is 11.0 Å². The predicted octanol–water partition coefficient (Wildman–Crippen LogP) is -2.16. The molecule has 2 N–H and O–H groups in total. The largest absolute Gasteiger partial charge is 0.545 e. The van der Waals surface area contributed by atoms with Crippen LogP contribution in [-0.2, 0) is 6.54 Å². The van der Waals surface area contributed by atoms with Crippen LogP contribution >= 0.6 is 0 Å². The second-order valence-corrected chi connectivity index (χ2v) is 4.56. The number of quaternary nitrogens is 1. The molecule has 0 aliphatic heterocycles. The first kappa shape index (κ1) is 12.4. The lowest BCUT2D eigenvalue weighted by atomic mass is 10.2. The first-order valence-corrected chi connectivity index (χ1v) is 5.72. The number of H-pyrrole nitrogens is 1. The van der Waals surface area contributed by atoms with E-state index in [0.717, 1.165) is 6.54 Å². The van der Waals surface area contributed by atoms with Crippen molar-refractivity contribution in [2.24, 2.45) is 0 Å². The van der Waals surface area contributed by atoms with E-state index in [4.69, 9.17) is 0 Å². The molecule has 18 heavy (non-hydrogen) atoms. The molecule has 0 saturated carbocycles. The van der Waals surface area contributed by atoms with Crippen LogP contribution in [0.1, 0.15) is 10.4 Å². The van der Waals surface area contributed by atoms with Gasteiger partial charge in [0.15, 0.2) is 0 Å². The van der Waals surface area contributed by atoms with Crippen molar-refractivity contribution in [1.29, 1.82) is 0 Å². The highest BCUT2D eigenvalue weighted by atomic mass is 16.4. The molecule has 1 aromatic carbocycles. The third-order valence-corrected chi connectivity index (χ3v) is 2.85. The van der Waals surface area contributed by atoms with Crippen LogP contribution in [-0.4, -0.2) is 36.2 Å². The van der Waals surface area contributed by atoms with Gasteiger partial charge in [0.2, 0.25) is 0 Å². The summed E-state index contributed by atoms with van der Waals surface area (Å²) in [7, 11) is 4.02. The van der Waals surface area contributed by atoms with Crippen LogP contribution in [0.3, 0.4) is 0 Å². The average molecular weight is 249 g/mol. The number of nitrogens with one attached hydrogen (secondary N) is 2. The second-order valence-electron chi connectivity index (χ2n) is 4.56. The number of aromatic amines is 1. The van der Waals surface area contributed by atoms with E-state index in [1.807, 2.05) is 14.1 Å². The number of fused-ring (bicyclic) bond motifs is 1. The predicted molar refractivity (Wildman–Crippen MR) is 64.6 cm³/mol. The fourth-order valence-corrected chi connectivity index (χ4v) is 1.85. The Bertz CT molecular complexity index is 640. The monoisotopic (exact) mass is 249 g/mol. The van der Waals surface area contributed by atoms with Gasteiger partial charge >= 0.3 is 5.69 Å². The lowest BCUT2D eigenvalue weighted by Gasteiger charge is -2.08. The van der Waals surface area contributed by atoms with E-state index in [1.165, 1.54) is 17.0 Å². The summed E-state index contributed by atoms with van der Waals surface area (Å²) in [5.74, 6) is -1.25. The van der Waals surface area contributed by atoms with Crippen molar-refractivity contribution in [2.75, 3.05) is 20.6 Å². The standard InChI is InChI=1S/C12H15N3O3/c1-14(2)5-6-15-10-4-3-8(11(16)17)7-9(10)13-12(15)18/h3-4,7H,5-6H2,1-2H3,(H,13,18)(H,16,17). The summed E-state index contributed by atoms with van der Waals surface area (Å²) >= 11 is 0. The number of aromatic nitrogens is 2. The van der Waals surface area contributed by atoms with Gasteiger partial charge in [-0.25, -0.2) is 4.79 Å². The number of carboxylic acid groups (broad SMARTS) is 1. The van der Waals surface area contributed by atoms with Crippen molar-refractivity contribution < 1.29 is 14.8 Å². The minimum absolute atomic E-state index is 0.0640. The number of carboxylic acids is 1. The van der Waals surface area contributed by atoms with Crippen LogP contribution < -0.4 is 15.7 Å². The first-order valence-electron chi connectivity index (χ1n) is 5.72. The summed E-state index contributed by atoms with van der Waals surface area (Å²) < 4.78 is 1.61. The lowest BCUT2D eigenvalue weighted by Crippen LogP contribution is -3.06. The van der Waals surface area contributed by atoms with E-state index in [9.17, 15) is 14.7 Å². The van der Waals surface area contributed by atoms with Gasteiger partial charge in [-0.15, -0.1) is 0 Å². The molecule has 0 amide bonds. The van der Waals surface area contributed by atoms with Crippen LogP contribution in [0.4, 0.5) is 0 Å². The molecule has 6 heteroatoms. The molecule has 0 fully saturated rings. The Labute approximate surface area is 103 Å². The maximum Gasteiger partial charge on any atom is 0.326 e. The summed E-state index contributed by atoms with van der Waals surface area (Å²) in [6.07, 6.45) is 0. The van der Waals surface area contributed by atoms with Crippen LogP contribution in [0.2, 0.25) is 0 Å². The number of rotatable bonds is 4. The molecular formula is C12H15N3O3. The molecular weight excluding hydrogens is 234 g/mol. The molecule has 1 aromatic heterocycles. The number of carbonyl (C=O) groups excluding carboxylic acids is 1. The van der Waals surface area contributed by atoms with Gasteiger partial charge in [0, 0.05) is 0 Å². The van der Waals surface area contributed by atoms with Gasteiger partial charge in [-0.3, -0.25) is 4.57 Å². The fourth-order valence-electron chi connectivity index (χ4n) is 1.85. The molecule has 0 spiro atoms. The van der Waals surface area contributed by atoms with Gasteiger partial charge in [0.05, 0.1) is 44.2 Å². The molecule has 96 valence electrons. The van der Waals surface area contributed by atoms with Crippen molar-refractivity contribution in [3.05, 3.63) is 34.2 Å². The quantitative estimate of drug-likeness (QED) is 0.647. The summed E-state index contributed by atoms with van der Waals surface area (Å²) in [5, 5.41) is 10.7. The highest BCUT2D eigenvalue weighted by Crippen LogP contribution is 2.12. The molecule has 0 aliphatic rings. The minimum Gasteiger partial charge on any atom is -0.545 e. The van der Waals surface area contributed by atoms with Gasteiger partial charge in [-0.05, 0) is 17.7 Å². The van der Waals surface area contributed by atoms with Gasteiger partial charge < -0.3 is 19.8 Å². The van der Waals surface area contributed by atoms with Crippen molar-refractivity contribution in [3.8, 4) is 0 Å². The smallest absolute Gasteiger partial charge is 0.326 e. The van der Waals surface area contributed by atoms with E-state index in [0.29, 0.717) is 17.6 Å². The number of hydrogen-bond donors (Lipinski definition) is 2. The van der Waals surface area contributed by atoms with Gasteiger partial charge in [0.25, 0.3) is 0 Å². The second kappa shape index (κ2) is 4.66. The molecule has 2 rings (SSSR count). The zero-order valence-corrected chi connectivity index (χ0v) is 10.3. The topological polar surface area (TPSA) is 82.4 Å². The molecule has 6 nitrogen and oxygen atoms in total. The van der Waals surface area contributed by atoms with Crippen LogP contribution in [0.15, 0.2) is 23.0 Å². The van der Waals surface area contributed by atoms with E-state index >= 15 is 0 Å². The molecule has 1 heterocycles. The number of aromatic carboxylic acids is 1. The highest BCUT2D eigenvalue weighted by molar-refractivity contribution is 5.91. The van der Waals surface area contributed by atoms with Gasteiger partial charge in [0.1, 0.15) is 0 Å². The van der Waals surface area contributed by atoms with Crippen molar-refractivity contribution >= 4 is 17.0 Å². The summed E-state index contributed by atoms with van der Waals surface area (Å²) in [6, 6.07) is 4.50. The van der Waals surface area contributed by atoms with E-state index in [-0.39, 0.29) is 11.3 Å². The number of imidazole rings is 1. The number of nitrogens with zero attached hydrogens (tertiary/aromatic N) is 1. The number of likely N-dealkylation sites (N-methyl/N-ethyl adjacent to an activating group) is 1. The third kappa shape index (κ3) is 2.28. The zero-order valence-electron chi connectivity index (χ0n) is 10.3. The van der Waals surface area contributed by atoms with E-state index < -0.39 is 5.97 Å². The van der Waals surface area contributed by atoms with Crippen molar-refractivity contribution in [1.82, 2.24) is 9.55 Å². The van der Waals surface area contributed by atoms with E-state index in [1.54, 1.807) is 10.6 Å². The Balaban J connectivity index is 2.45. The van der Waals surface area contributed by atoms with E-state index in [2.05, 4.69) is 4.98 Å². The van der Waals surface area contributed by atoms with Crippen LogP contribution in [0.5, 0.6) is 0 Å². The molecule has 0 radical (unpaired) electrons. The Morgan fingerprint density at radius 2 is 2.17 bits per heavy atom. The molecule has 0 bridgehead atoms. The van der Waals surface area contributed by atoms with Crippen molar-refractivity contribution in [2.45, 2.75) is 6.54 Å². The Kier molecular flexibility index (Phi) is 3.20. The first-order chi connectivity index (χ1) is 8.49. The van der Waals surface area contributed by atoms with Crippen molar-refractivity contribution in [3.63, 3.8) is 0 Å². The number of hydrogen-bond acceptors (Lipinski definition) is 3. The van der Waals surface area contributed by atoms with Gasteiger partial charge in [-0.1, -0.05) is 6.07 Å². The average Bonchev–Trinajstić information content (AvgIpc) is 2.60. The Morgan fingerprint density at radius 3 is 2.78 bits per heavy atom. The fraction of sp³-hybridized carbons (Fsp3) is 0.333. The maximum absolute atomic E-state index is 11.8. The summed E-state index contributed by atoms with van der Waals surface area (Å²) in [4.78, 5) is 26.4. The molecule has 0 aliphatic carbocycles. The Hall–Kier alpha value is -2.08. The van der Waals surface area contributed by atoms with Gasteiger partial charge in [-0.2, -0.15) is 0 Å². The summed E-state index contributed by atoms with van der Waals surface area (Å²) in [6.45, 7) is 1.40. The molecule has 0 saturated heterocycles. The zero-order chi connectivity index (χ0) is 13.3.